The lowest BCUT2D eigenvalue weighted by molar-refractivity contribution is 0.249. The van der Waals surface area contributed by atoms with Gasteiger partial charge >= 0.3 is 6.03 Å². The van der Waals surface area contributed by atoms with Crippen LogP contribution in [0.25, 0.3) is 0 Å². The van der Waals surface area contributed by atoms with E-state index in [1.165, 1.54) is 0 Å². The minimum absolute atomic E-state index is 0.143. The van der Waals surface area contributed by atoms with Crippen LogP contribution in [0.15, 0.2) is 18.3 Å². The smallest absolute Gasteiger partial charge is 0.319 e. The van der Waals surface area contributed by atoms with Crippen LogP contribution < -0.4 is 15.4 Å². The number of anilines is 1. The Hall–Kier alpha value is -2.15. The zero-order valence-corrected chi connectivity index (χ0v) is 13.2. The van der Waals surface area contributed by atoms with Crippen molar-refractivity contribution in [2.75, 3.05) is 12.4 Å². The first-order chi connectivity index (χ1) is 9.99. The quantitative estimate of drug-likeness (QED) is 0.910. The minimum Gasteiger partial charge on any atom is -0.481 e. The topological polar surface area (TPSA) is 76.1 Å². The number of amides is 2. The maximum absolute atomic E-state index is 12.0. The molecule has 0 radical (unpaired) electrons. The van der Waals surface area contributed by atoms with Crippen molar-refractivity contribution in [3.63, 3.8) is 0 Å². The molecule has 0 saturated carbocycles. The first-order valence-electron chi connectivity index (χ1n) is 6.51. The molecule has 0 bridgehead atoms. The summed E-state index contributed by atoms with van der Waals surface area (Å²) in [7, 11) is 1.55. The van der Waals surface area contributed by atoms with E-state index in [4.69, 9.17) is 4.74 Å². The second-order valence-electron chi connectivity index (χ2n) is 4.62. The molecular weight excluding hydrogens is 288 g/mol. The number of nitrogens with zero attached hydrogens (tertiary/aromatic N) is 2. The van der Waals surface area contributed by atoms with Crippen molar-refractivity contribution in [1.82, 2.24) is 15.3 Å². The summed E-state index contributed by atoms with van der Waals surface area (Å²) in [4.78, 5) is 21.6. The maximum Gasteiger partial charge on any atom is 0.319 e. The third-order valence-electron chi connectivity index (χ3n) is 2.87. The van der Waals surface area contributed by atoms with E-state index in [9.17, 15) is 4.79 Å². The monoisotopic (exact) mass is 306 g/mol. The van der Waals surface area contributed by atoms with Gasteiger partial charge in [0.1, 0.15) is 5.01 Å². The predicted octanol–water partition coefficient (Wildman–Crippen LogP) is 3.05. The summed E-state index contributed by atoms with van der Waals surface area (Å²) < 4.78 is 5.03. The number of aromatic nitrogens is 2. The Balaban J connectivity index is 1.98. The normalized spacial score (nSPS) is 11.8. The largest absolute Gasteiger partial charge is 0.481 e. The van der Waals surface area contributed by atoms with Gasteiger partial charge < -0.3 is 15.4 Å². The van der Waals surface area contributed by atoms with Crippen LogP contribution in [0.3, 0.4) is 0 Å². The molecule has 1 unspecified atom stereocenters. The van der Waals surface area contributed by atoms with Gasteiger partial charge in [-0.05, 0) is 26.8 Å². The highest BCUT2D eigenvalue weighted by atomic mass is 32.1. The fraction of sp³-hybridized carbons (Fsp3) is 0.357. The number of rotatable bonds is 4. The fourth-order valence-corrected chi connectivity index (χ4v) is 2.55. The molecule has 0 saturated heterocycles. The maximum atomic E-state index is 12.0. The van der Waals surface area contributed by atoms with Gasteiger partial charge in [0, 0.05) is 17.1 Å². The highest BCUT2D eigenvalue weighted by Gasteiger charge is 2.13. The molecule has 0 aliphatic carbocycles. The zero-order chi connectivity index (χ0) is 15.4. The molecule has 0 aliphatic heterocycles. The van der Waals surface area contributed by atoms with E-state index in [0.717, 1.165) is 9.88 Å². The molecule has 0 spiro atoms. The van der Waals surface area contributed by atoms with Crippen LogP contribution in [-0.4, -0.2) is 23.1 Å². The van der Waals surface area contributed by atoms with Crippen LogP contribution in [0.4, 0.5) is 10.5 Å². The Bertz CT molecular complexity index is 642. The second kappa shape index (κ2) is 6.53. The molecule has 2 N–H and O–H groups in total. The Labute approximate surface area is 127 Å². The first kappa shape index (κ1) is 15.2. The number of thiazole rings is 1. The second-order valence-corrected chi connectivity index (χ2v) is 5.88. The number of hydrogen-bond acceptors (Lipinski definition) is 5. The van der Waals surface area contributed by atoms with E-state index in [1.54, 1.807) is 36.8 Å². The van der Waals surface area contributed by atoms with Crippen molar-refractivity contribution in [2.24, 2.45) is 0 Å². The molecule has 0 aromatic carbocycles. The van der Waals surface area contributed by atoms with Crippen LogP contribution in [0.5, 0.6) is 5.88 Å². The molecule has 0 fully saturated rings. The summed E-state index contributed by atoms with van der Waals surface area (Å²) >= 11 is 1.57. The number of pyridine rings is 1. The van der Waals surface area contributed by atoms with Crippen molar-refractivity contribution in [1.29, 1.82) is 0 Å². The van der Waals surface area contributed by atoms with Crippen molar-refractivity contribution in [2.45, 2.75) is 26.8 Å². The Morgan fingerprint density at radius 3 is 2.71 bits per heavy atom. The van der Waals surface area contributed by atoms with Gasteiger partial charge in [-0.1, -0.05) is 0 Å². The van der Waals surface area contributed by atoms with Gasteiger partial charge in [0.05, 0.1) is 24.5 Å². The lowest BCUT2D eigenvalue weighted by Gasteiger charge is -2.13. The molecule has 0 aliphatic rings. The molecule has 1 atom stereocenters. The van der Waals surface area contributed by atoms with E-state index in [2.05, 4.69) is 20.6 Å². The van der Waals surface area contributed by atoms with Crippen LogP contribution in [-0.2, 0) is 0 Å². The summed E-state index contributed by atoms with van der Waals surface area (Å²) in [5, 5.41) is 6.51. The molecule has 112 valence electrons. The summed E-state index contributed by atoms with van der Waals surface area (Å²) in [5.41, 5.74) is 1.35. The summed E-state index contributed by atoms with van der Waals surface area (Å²) in [6.45, 7) is 5.70. The third kappa shape index (κ3) is 3.91. The number of aryl methyl sites for hydroxylation is 2. The van der Waals surface area contributed by atoms with Gasteiger partial charge in [0.25, 0.3) is 0 Å². The number of hydrogen-bond donors (Lipinski definition) is 2. The Kier molecular flexibility index (Phi) is 4.74. The Morgan fingerprint density at radius 2 is 2.14 bits per heavy atom. The van der Waals surface area contributed by atoms with Gasteiger partial charge in [-0.25, -0.2) is 14.8 Å². The average molecular weight is 306 g/mol. The molecule has 2 amide bonds. The molecule has 2 aromatic rings. The predicted molar refractivity (Wildman–Crippen MR) is 82.9 cm³/mol. The standard InChI is InChI=1S/C14H18N4O2S/c1-8-7-15-13(21-8)10(3)17-14(19)18-11-5-6-12(20-4)16-9(11)2/h5-7,10H,1-4H3,(H2,17,18,19). The van der Waals surface area contributed by atoms with Crippen LogP contribution in [0, 0.1) is 13.8 Å². The number of urea groups is 1. The highest BCUT2D eigenvalue weighted by Crippen LogP contribution is 2.20. The molecule has 21 heavy (non-hydrogen) atoms. The molecule has 2 rings (SSSR count). The fourth-order valence-electron chi connectivity index (χ4n) is 1.77. The summed E-state index contributed by atoms with van der Waals surface area (Å²) in [5.74, 6) is 0.519. The average Bonchev–Trinajstić information content (AvgIpc) is 2.87. The van der Waals surface area contributed by atoms with Gasteiger partial charge in [-0.2, -0.15) is 0 Å². The lowest BCUT2D eigenvalue weighted by Crippen LogP contribution is -2.31. The third-order valence-corrected chi connectivity index (χ3v) is 3.97. The number of carbonyl (C=O) groups is 1. The lowest BCUT2D eigenvalue weighted by atomic mass is 10.3. The molecule has 2 heterocycles. The van der Waals surface area contributed by atoms with Gasteiger partial charge in [0.15, 0.2) is 0 Å². The Morgan fingerprint density at radius 1 is 1.38 bits per heavy atom. The van der Waals surface area contributed by atoms with E-state index < -0.39 is 0 Å². The summed E-state index contributed by atoms with van der Waals surface area (Å²) in [6, 6.07) is 3.04. The number of ether oxygens (including phenoxy) is 1. The first-order valence-corrected chi connectivity index (χ1v) is 7.32. The van der Waals surface area contributed by atoms with E-state index in [1.807, 2.05) is 20.8 Å². The minimum atomic E-state index is -0.287. The number of nitrogens with one attached hydrogen (secondary N) is 2. The van der Waals surface area contributed by atoms with Crippen LogP contribution in [0.2, 0.25) is 0 Å². The SMILES string of the molecule is COc1ccc(NC(=O)NC(C)c2ncc(C)s2)c(C)n1. The van der Waals surface area contributed by atoms with E-state index >= 15 is 0 Å². The van der Waals surface area contributed by atoms with Gasteiger partial charge in [0.2, 0.25) is 5.88 Å². The molecule has 2 aromatic heterocycles. The van der Waals surface area contributed by atoms with E-state index in [0.29, 0.717) is 17.3 Å². The van der Waals surface area contributed by atoms with Gasteiger partial charge in [-0.15, -0.1) is 11.3 Å². The zero-order valence-electron chi connectivity index (χ0n) is 12.4. The molecule has 7 heteroatoms. The van der Waals surface area contributed by atoms with Crippen LogP contribution >= 0.6 is 11.3 Å². The van der Waals surface area contributed by atoms with Crippen molar-refractivity contribution in [3.8, 4) is 5.88 Å². The number of carbonyl (C=O) groups excluding carboxylic acids is 1. The highest BCUT2D eigenvalue weighted by molar-refractivity contribution is 7.11. The van der Waals surface area contributed by atoms with E-state index in [-0.39, 0.29) is 12.1 Å². The van der Waals surface area contributed by atoms with Gasteiger partial charge in [-0.3, -0.25) is 0 Å². The van der Waals surface area contributed by atoms with Crippen molar-refractivity contribution in [3.05, 3.63) is 33.9 Å². The van der Waals surface area contributed by atoms with Crippen molar-refractivity contribution < 1.29 is 9.53 Å². The number of methoxy groups -OCH3 is 1. The van der Waals surface area contributed by atoms with Crippen LogP contribution in [0.1, 0.15) is 28.5 Å². The molecule has 6 nitrogen and oxygen atoms in total. The van der Waals surface area contributed by atoms with Crippen molar-refractivity contribution >= 4 is 23.1 Å². The summed E-state index contributed by atoms with van der Waals surface area (Å²) in [6.07, 6.45) is 1.80. The molecular formula is C14H18N4O2S.